The highest BCUT2D eigenvalue weighted by Gasteiger charge is 2.20. The van der Waals surface area contributed by atoms with E-state index in [1.54, 1.807) is 11.9 Å². The molecule has 0 aliphatic heterocycles. The molecule has 3 N–H and O–H groups in total. The van der Waals surface area contributed by atoms with Crippen LogP contribution in [-0.4, -0.2) is 42.9 Å². The lowest BCUT2D eigenvalue weighted by molar-refractivity contribution is -0.133. The smallest absolute Gasteiger partial charge is 0.241 e. The normalized spacial score (nSPS) is 13.3. The largest absolute Gasteiger partial charge is 0.346 e. The van der Waals surface area contributed by atoms with E-state index in [9.17, 15) is 9.59 Å². The maximum Gasteiger partial charge on any atom is 0.241 e. The Morgan fingerprint density at radius 3 is 2.17 bits per heavy atom. The molecule has 0 bridgehead atoms. The third-order valence-electron chi connectivity index (χ3n) is 2.57. The lowest BCUT2D eigenvalue weighted by atomic mass is 9.96. The Morgan fingerprint density at radius 1 is 1.28 bits per heavy atom. The van der Waals surface area contributed by atoms with Crippen LogP contribution in [-0.2, 0) is 9.59 Å². The molecule has 0 unspecified atom stereocenters. The second-order valence-corrected chi connectivity index (χ2v) is 6.30. The number of likely N-dealkylation sites (N-methyl/N-ethyl adjacent to an activating group) is 1. The lowest BCUT2D eigenvalue weighted by Crippen LogP contribution is -2.48. The van der Waals surface area contributed by atoms with Crippen LogP contribution >= 0.6 is 0 Å². The molecular formula is C13H27N3O2. The third kappa shape index (κ3) is 6.59. The summed E-state index contributed by atoms with van der Waals surface area (Å²) in [5.74, 6) is -0.316. The average Bonchev–Trinajstić information content (AvgIpc) is 2.21. The van der Waals surface area contributed by atoms with Crippen LogP contribution in [0.3, 0.4) is 0 Å². The van der Waals surface area contributed by atoms with Crippen LogP contribution in [0.5, 0.6) is 0 Å². The van der Waals surface area contributed by atoms with Crippen molar-refractivity contribution in [2.75, 3.05) is 20.1 Å². The first-order chi connectivity index (χ1) is 8.04. The van der Waals surface area contributed by atoms with Crippen LogP contribution < -0.4 is 11.1 Å². The van der Waals surface area contributed by atoms with Gasteiger partial charge in [-0.25, -0.2) is 0 Å². The van der Waals surface area contributed by atoms with Crippen LogP contribution in [0, 0.1) is 11.3 Å². The molecule has 0 spiro atoms. The summed E-state index contributed by atoms with van der Waals surface area (Å²) in [6.07, 6.45) is 0. The van der Waals surface area contributed by atoms with Gasteiger partial charge in [0.25, 0.3) is 0 Å². The summed E-state index contributed by atoms with van der Waals surface area (Å²) in [6, 6.07) is -0.564. The molecule has 0 aromatic heterocycles. The SMILES string of the molecule is CC(C)[C@H](N)C(=O)NCC(=O)N(C)CC(C)(C)C. The molecule has 5 nitrogen and oxygen atoms in total. The first-order valence-electron chi connectivity index (χ1n) is 6.32. The number of hydrogen-bond acceptors (Lipinski definition) is 3. The number of carbonyl (C=O) groups is 2. The Balaban J connectivity index is 4.15. The predicted octanol–water partition coefficient (Wildman–Crippen LogP) is 0.590. The highest BCUT2D eigenvalue weighted by atomic mass is 16.2. The van der Waals surface area contributed by atoms with E-state index in [4.69, 9.17) is 5.73 Å². The van der Waals surface area contributed by atoms with Gasteiger partial charge < -0.3 is 16.0 Å². The Morgan fingerprint density at radius 2 is 1.78 bits per heavy atom. The van der Waals surface area contributed by atoms with E-state index < -0.39 is 6.04 Å². The number of hydrogen-bond donors (Lipinski definition) is 2. The second kappa shape index (κ2) is 6.73. The van der Waals surface area contributed by atoms with Gasteiger partial charge in [0, 0.05) is 13.6 Å². The molecular weight excluding hydrogens is 230 g/mol. The zero-order valence-electron chi connectivity index (χ0n) is 12.4. The van der Waals surface area contributed by atoms with E-state index in [-0.39, 0.29) is 29.7 Å². The molecule has 0 aliphatic carbocycles. The molecule has 1 atom stereocenters. The number of amides is 2. The van der Waals surface area contributed by atoms with E-state index in [0.717, 1.165) is 0 Å². The molecule has 0 radical (unpaired) electrons. The molecule has 0 heterocycles. The van der Waals surface area contributed by atoms with Gasteiger partial charge in [0.1, 0.15) is 0 Å². The fraction of sp³-hybridized carbons (Fsp3) is 0.846. The van der Waals surface area contributed by atoms with Gasteiger partial charge in [-0.15, -0.1) is 0 Å². The van der Waals surface area contributed by atoms with Crippen LogP contribution in [0.4, 0.5) is 0 Å². The predicted molar refractivity (Wildman–Crippen MR) is 72.9 cm³/mol. The summed E-state index contributed by atoms with van der Waals surface area (Å²) in [7, 11) is 1.74. The van der Waals surface area contributed by atoms with Gasteiger partial charge in [0.05, 0.1) is 12.6 Å². The van der Waals surface area contributed by atoms with Crippen molar-refractivity contribution in [1.82, 2.24) is 10.2 Å². The van der Waals surface area contributed by atoms with Crippen molar-refractivity contribution in [2.24, 2.45) is 17.1 Å². The maximum absolute atomic E-state index is 11.8. The van der Waals surface area contributed by atoms with Crippen LogP contribution in [0.25, 0.3) is 0 Å². The van der Waals surface area contributed by atoms with Crippen LogP contribution in [0.1, 0.15) is 34.6 Å². The average molecular weight is 257 g/mol. The fourth-order valence-electron chi connectivity index (χ4n) is 1.52. The Kier molecular flexibility index (Phi) is 6.32. The minimum absolute atomic E-state index is 0.00579. The maximum atomic E-state index is 11.8. The highest BCUT2D eigenvalue weighted by Crippen LogP contribution is 2.13. The summed E-state index contributed by atoms with van der Waals surface area (Å²) in [6.45, 7) is 10.6. The number of nitrogens with zero attached hydrogens (tertiary/aromatic N) is 1. The molecule has 0 aromatic rings. The number of carbonyl (C=O) groups excluding carboxylic acids is 2. The summed E-state index contributed by atoms with van der Waals surface area (Å²) in [5, 5.41) is 2.58. The number of nitrogens with one attached hydrogen (secondary N) is 1. The monoisotopic (exact) mass is 257 g/mol. The van der Waals surface area contributed by atoms with E-state index >= 15 is 0 Å². The van der Waals surface area contributed by atoms with Gasteiger partial charge in [-0.3, -0.25) is 9.59 Å². The van der Waals surface area contributed by atoms with Crippen LogP contribution in [0.2, 0.25) is 0 Å². The molecule has 0 rings (SSSR count). The standard InChI is InChI=1S/C13H27N3O2/c1-9(2)11(14)12(18)15-7-10(17)16(6)8-13(3,4)5/h9,11H,7-8,14H2,1-6H3,(H,15,18)/t11-/m0/s1. The van der Waals surface area contributed by atoms with Crippen molar-refractivity contribution in [3.63, 3.8) is 0 Å². The van der Waals surface area contributed by atoms with Crippen molar-refractivity contribution < 1.29 is 9.59 Å². The number of rotatable bonds is 5. The van der Waals surface area contributed by atoms with Crippen molar-refractivity contribution >= 4 is 11.8 Å². The minimum atomic E-state index is -0.564. The summed E-state index contributed by atoms with van der Waals surface area (Å²) < 4.78 is 0. The summed E-state index contributed by atoms with van der Waals surface area (Å²) >= 11 is 0. The van der Waals surface area contributed by atoms with Gasteiger partial charge in [0.15, 0.2) is 0 Å². The van der Waals surface area contributed by atoms with E-state index in [2.05, 4.69) is 26.1 Å². The molecule has 0 fully saturated rings. The highest BCUT2D eigenvalue weighted by molar-refractivity contribution is 5.87. The molecule has 5 heteroatoms. The minimum Gasteiger partial charge on any atom is -0.346 e. The summed E-state index contributed by atoms with van der Waals surface area (Å²) in [4.78, 5) is 25.0. The first-order valence-corrected chi connectivity index (χ1v) is 6.32. The molecule has 18 heavy (non-hydrogen) atoms. The van der Waals surface area contributed by atoms with Gasteiger partial charge in [0.2, 0.25) is 11.8 Å². The van der Waals surface area contributed by atoms with Crippen molar-refractivity contribution in [1.29, 1.82) is 0 Å². The Hall–Kier alpha value is -1.10. The Bertz CT molecular complexity index is 295. The molecule has 0 saturated heterocycles. The fourth-order valence-corrected chi connectivity index (χ4v) is 1.52. The lowest BCUT2D eigenvalue weighted by Gasteiger charge is -2.27. The van der Waals surface area contributed by atoms with Gasteiger partial charge in [-0.2, -0.15) is 0 Å². The zero-order valence-corrected chi connectivity index (χ0v) is 12.4. The van der Waals surface area contributed by atoms with E-state index in [1.807, 2.05) is 13.8 Å². The van der Waals surface area contributed by atoms with Crippen LogP contribution in [0.15, 0.2) is 0 Å². The van der Waals surface area contributed by atoms with Gasteiger partial charge >= 0.3 is 0 Å². The van der Waals surface area contributed by atoms with Crippen molar-refractivity contribution in [3.05, 3.63) is 0 Å². The summed E-state index contributed by atoms with van der Waals surface area (Å²) in [5.41, 5.74) is 5.73. The topological polar surface area (TPSA) is 75.4 Å². The van der Waals surface area contributed by atoms with E-state index in [0.29, 0.717) is 6.54 Å². The molecule has 106 valence electrons. The molecule has 0 saturated carbocycles. The third-order valence-corrected chi connectivity index (χ3v) is 2.57. The first kappa shape index (κ1) is 16.9. The van der Waals surface area contributed by atoms with E-state index in [1.165, 1.54) is 0 Å². The van der Waals surface area contributed by atoms with Crippen molar-refractivity contribution in [3.8, 4) is 0 Å². The molecule has 0 aliphatic rings. The van der Waals surface area contributed by atoms with Gasteiger partial charge in [-0.05, 0) is 11.3 Å². The number of nitrogens with two attached hydrogens (primary N) is 1. The quantitative estimate of drug-likeness (QED) is 0.757. The second-order valence-electron chi connectivity index (χ2n) is 6.30. The molecule has 2 amide bonds. The molecule has 0 aromatic carbocycles. The van der Waals surface area contributed by atoms with Crippen molar-refractivity contribution in [2.45, 2.75) is 40.7 Å². The Labute approximate surface area is 110 Å². The zero-order chi connectivity index (χ0) is 14.5. The van der Waals surface area contributed by atoms with Gasteiger partial charge in [-0.1, -0.05) is 34.6 Å².